The van der Waals surface area contributed by atoms with Gasteiger partial charge in [0.15, 0.2) is 6.10 Å². The molecule has 0 aromatic rings. The molecule has 2 heterocycles. The largest absolute Gasteiger partial charge is 0.485 e. The number of carbonyl (C=O) groups is 1. The van der Waals surface area contributed by atoms with Crippen LogP contribution in [0.3, 0.4) is 0 Å². The lowest BCUT2D eigenvalue weighted by Gasteiger charge is -2.16. The maximum atomic E-state index is 11.7. The van der Waals surface area contributed by atoms with Crippen LogP contribution in [-0.2, 0) is 9.53 Å². The molecule has 0 N–H and O–H groups in total. The molecule has 1 saturated heterocycles. The molecule has 1 atom stereocenters. The van der Waals surface area contributed by atoms with Crippen molar-refractivity contribution in [2.75, 3.05) is 13.1 Å². The SMILES string of the molecule is CC1=C(N2CCCC2)C(=O)C(C)O1. The summed E-state index contributed by atoms with van der Waals surface area (Å²) in [6.07, 6.45) is 2.12. The summed E-state index contributed by atoms with van der Waals surface area (Å²) in [7, 11) is 0. The molecule has 2 aliphatic rings. The Morgan fingerprint density at radius 1 is 1.38 bits per heavy atom. The van der Waals surface area contributed by atoms with E-state index in [-0.39, 0.29) is 11.9 Å². The Morgan fingerprint density at radius 3 is 2.46 bits per heavy atom. The van der Waals surface area contributed by atoms with E-state index in [4.69, 9.17) is 4.74 Å². The zero-order chi connectivity index (χ0) is 9.42. The van der Waals surface area contributed by atoms with Crippen molar-refractivity contribution >= 4 is 5.78 Å². The summed E-state index contributed by atoms with van der Waals surface area (Å²) < 4.78 is 5.39. The number of rotatable bonds is 1. The van der Waals surface area contributed by atoms with Crippen molar-refractivity contribution in [1.82, 2.24) is 4.90 Å². The second-order valence-electron chi connectivity index (χ2n) is 3.72. The molecule has 0 aliphatic carbocycles. The number of likely N-dealkylation sites (tertiary alicyclic amines) is 1. The molecule has 2 aliphatic heterocycles. The van der Waals surface area contributed by atoms with Crippen molar-refractivity contribution in [1.29, 1.82) is 0 Å². The van der Waals surface area contributed by atoms with E-state index in [1.165, 1.54) is 12.8 Å². The van der Waals surface area contributed by atoms with Gasteiger partial charge in [0.05, 0.1) is 0 Å². The maximum Gasteiger partial charge on any atom is 0.222 e. The first kappa shape index (κ1) is 8.60. The van der Waals surface area contributed by atoms with Gasteiger partial charge in [-0.3, -0.25) is 4.79 Å². The molecule has 0 aromatic carbocycles. The van der Waals surface area contributed by atoms with Crippen LogP contribution in [0.5, 0.6) is 0 Å². The van der Waals surface area contributed by atoms with Gasteiger partial charge in [0.2, 0.25) is 5.78 Å². The fourth-order valence-electron chi connectivity index (χ4n) is 2.06. The van der Waals surface area contributed by atoms with E-state index in [0.29, 0.717) is 0 Å². The van der Waals surface area contributed by atoms with Crippen LogP contribution in [0.1, 0.15) is 26.7 Å². The van der Waals surface area contributed by atoms with Crippen LogP contribution < -0.4 is 0 Å². The Labute approximate surface area is 78.4 Å². The highest BCUT2D eigenvalue weighted by Crippen LogP contribution is 2.26. The van der Waals surface area contributed by atoms with Gasteiger partial charge in [0.25, 0.3) is 0 Å². The molecule has 13 heavy (non-hydrogen) atoms. The third-order valence-electron chi connectivity index (χ3n) is 2.71. The molecule has 0 saturated carbocycles. The van der Waals surface area contributed by atoms with E-state index in [1.54, 1.807) is 0 Å². The Kier molecular flexibility index (Phi) is 2.02. The van der Waals surface area contributed by atoms with Crippen LogP contribution in [0.4, 0.5) is 0 Å². The quantitative estimate of drug-likeness (QED) is 0.610. The van der Waals surface area contributed by atoms with Gasteiger partial charge >= 0.3 is 0 Å². The van der Waals surface area contributed by atoms with Crippen molar-refractivity contribution in [3.8, 4) is 0 Å². The van der Waals surface area contributed by atoms with Crippen LogP contribution in [0.15, 0.2) is 11.5 Å². The second-order valence-corrected chi connectivity index (χ2v) is 3.72. The third kappa shape index (κ3) is 1.32. The first-order chi connectivity index (χ1) is 6.20. The Morgan fingerprint density at radius 2 is 2.00 bits per heavy atom. The number of carbonyl (C=O) groups excluding carboxylic acids is 1. The molecule has 2 rings (SSSR count). The van der Waals surface area contributed by atoms with Crippen molar-refractivity contribution in [2.24, 2.45) is 0 Å². The minimum Gasteiger partial charge on any atom is -0.485 e. The van der Waals surface area contributed by atoms with E-state index in [1.807, 2.05) is 13.8 Å². The molecule has 72 valence electrons. The zero-order valence-electron chi connectivity index (χ0n) is 8.17. The first-order valence-corrected chi connectivity index (χ1v) is 4.87. The molecule has 3 nitrogen and oxygen atoms in total. The average Bonchev–Trinajstić information content (AvgIpc) is 2.63. The summed E-state index contributed by atoms with van der Waals surface area (Å²) in [6.45, 7) is 5.72. The summed E-state index contributed by atoms with van der Waals surface area (Å²) in [5, 5.41) is 0. The lowest BCUT2D eigenvalue weighted by atomic mass is 10.2. The molecule has 3 heteroatoms. The standard InChI is InChI=1S/C10H15NO2/c1-7-9(10(12)8(2)13-7)11-5-3-4-6-11/h8H,3-6H2,1-2H3. The zero-order valence-corrected chi connectivity index (χ0v) is 8.17. The van der Waals surface area contributed by atoms with E-state index in [2.05, 4.69) is 4.90 Å². The Balaban J connectivity index is 2.21. The third-order valence-corrected chi connectivity index (χ3v) is 2.71. The lowest BCUT2D eigenvalue weighted by Crippen LogP contribution is -2.26. The molecular formula is C10H15NO2. The second kappa shape index (κ2) is 3.05. The summed E-state index contributed by atoms with van der Waals surface area (Å²) >= 11 is 0. The number of Topliss-reactive ketones (excluding diaryl/α,β-unsaturated/α-hetero) is 1. The summed E-state index contributed by atoms with van der Waals surface area (Å²) in [5.74, 6) is 0.957. The van der Waals surface area contributed by atoms with Crippen molar-refractivity contribution in [2.45, 2.75) is 32.8 Å². The van der Waals surface area contributed by atoms with Gasteiger partial charge in [-0.25, -0.2) is 0 Å². The fourth-order valence-corrected chi connectivity index (χ4v) is 2.06. The van der Waals surface area contributed by atoms with Gasteiger partial charge in [0.1, 0.15) is 11.5 Å². The van der Waals surface area contributed by atoms with Crippen molar-refractivity contribution < 1.29 is 9.53 Å². The van der Waals surface area contributed by atoms with E-state index < -0.39 is 0 Å². The topological polar surface area (TPSA) is 29.5 Å². The summed E-state index contributed by atoms with van der Waals surface area (Å²) in [6, 6.07) is 0. The number of ketones is 1. The molecule has 0 radical (unpaired) electrons. The Hall–Kier alpha value is -0.990. The molecular weight excluding hydrogens is 166 g/mol. The van der Waals surface area contributed by atoms with Gasteiger partial charge in [0, 0.05) is 13.1 Å². The van der Waals surface area contributed by atoms with E-state index in [0.717, 1.165) is 24.5 Å². The van der Waals surface area contributed by atoms with E-state index in [9.17, 15) is 4.79 Å². The fraction of sp³-hybridized carbons (Fsp3) is 0.700. The van der Waals surface area contributed by atoms with Gasteiger partial charge in [-0.05, 0) is 26.7 Å². The maximum absolute atomic E-state index is 11.7. The van der Waals surface area contributed by atoms with Crippen LogP contribution in [0.25, 0.3) is 0 Å². The highest BCUT2D eigenvalue weighted by atomic mass is 16.5. The minimum absolute atomic E-state index is 0.152. The van der Waals surface area contributed by atoms with Gasteiger partial charge in [-0.2, -0.15) is 0 Å². The predicted molar refractivity (Wildman–Crippen MR) is 49.1 cm³/mol. The number of hydrogen-bond acceptors (Lipinski definition) is 3. The Bertz CT molecular complexity index is 264. The molecule has 0 bridgehead atoms. The van der Waals surface area contributed by atoms with E-state index >= 15 is 0 Å². The predicted octanol–water partition coefficient (Wildman–Crippen LogP) is 1.30. The van der Waals surface area contributed by atoms with Crippen LogP contribution in [-0.4, -0.2) is 29.9 Å². The number of allylic oxidation sites excluding steroid dienone is 1. The monoisotopic (exact) mass is 181 g/mol. The highest BCUT2D eigenvalue weighted by molar-refractivity contribution is 6.00. The molecule has 1 fully saturated rings. The molecule has 0 spiro atoms. The average molecular weight is 181 g/mol. The molecule has 1 unspecified atom stereocenters. The first-order valence-electron chi connectivity index (χ1n) is 4.87. The summed E-state index contributed by atoms with van der Waals surface area (Å²) in [5.41, 5.74) is 0.824. The van der Waals surface area contributed by atoms with Crippen LogP contribution >= 0.6 is 0 Å². The van der Waals surface area contributed by atoms with Gasteiger partial charge in [-0.1, -0.05) is 0 Å². The lowest BCUT2D eigenvalue weighted by molar-refractivity contribution is -0.121. The normalized spacial score (nSPS) is 28.6. The molecule has 0 aromatic heterocycles. The number of ether oxygens (including phenoxy) is 1. The number of nitrogens with zero attached hydrogens (tertiary/aromatic N) is 1. The van der Waals surface area contributed by atoms with Crippen molar-refractivity contribution in [3.05, 3.63) is 11.5 Å². The summed E-state index contributed by atoms with van der Waals surface area (Å²) in [4.78, 5) is 13.8. The van der Waals surface area contributed by atoms with Crippen molar-refractivity contribution in [3.63, 3.8) is 0 Å². The van der Waals surface area contributed by atoms with Gasteiger partial charge < -0.3 is 9.64 Å². The smallest absolute Gasteiger partial charge is 0.222 e. The van der Waals surface area contributed by atoms with Gasteiger partial charge in [-0.15, -0.1) is 0 Å². The molecule has 0 amide bonds. The van der Waals surface area contributed by atoms with Crippen LogP contribution in [0.2, 0.25) is 0 Å². The minimum atomic E-state index is -0.268. The van der Waals surface area contributed by atoms with Crippen LogP contribution in [0, 0.1) is 0 Å². The highest BCUT2D eigenvalue weighted by Gasteiger charge is 2.34. The number of hydrogen-bond donors (Lipinski definition) is 0.